The molecule has 0 heterocycles. The third-order valence-corrected chi connectivity index (χ3v) is 4.11. The van der Waals surface area contributed by atoms with Crippen molar-refractivity contribution in [3.63, 3.8) is 0 Å². The molecule has 0 aromatic carbocycles. The molecule has 1 unspecified atom stereocenters. The second-order valence-corrected chi connectivity index (χ2v) is 6.10. The van der Waals surface area contributed by atoms with Gasteiger partial charge in [-0.15, -0.1) is 0 Å². The van der Waals surface area contributed by atoms with Crippen molar-refractivity contribution >= 4 is 60.8 Å². The summed E-state index contributed by atoms with van der Waals surface area (Å²) in [5.74, 6) is -4.00. The maximum Gasteiger partial charge on any atom is 2.00 e. The van der Waals surface area contributed by atoms with Crippen molar-refractivity contribution in [2.45, 2.75) is 84.5 Å². The van der Waals surface area contributed by atoms with Gasteiger partial charge in [0.2, 0.25) is 0 Å². The number of rotatable bonds is 14. The normalized spacial score (nSPS) is 12.0. The van der Waals surface area contributed by atoms with E-state index in [1.807, 2.05) is 0 Å². The summed E-state index contributed by atoms with van der Waals surface area (Å²) < 4.78 is 0. The largest absolute Gasteiger partial charge is 2.00 e. The number of carboxylic acid groups (broad SMARTS) is 2. The standard InChI is InChI=1S/C17H32O4.Ba.2H/c1-3-4-5-6-7-8-9-10-11-12-13-14(2)15(16(18)19)17(20)21;;;/h14-15H,3-13H2,1-2H3,(H,18,19)(H,20,21);;;/q;+2;2*-1. The van der Waals surface area contributed by atoms with E-state index in [1.165, 1.54) is 51.4 Å². The summed E-state index contributed by atoms with van der Waals surface area (Å²) in [5, 5.41) is 17.8. The van der Waals surface area contributed by atoms with Crippen LogP contribution in [0.5, 0.6) is 0 Å². The Labute approximate surface area is 178 Å². The molecule has 0 spiro atoms. The summed E-state index contributed by atoms with van der Waals surface area (Å²) in [5.41, 5.74) is 0. The summed E-state index contributed by atoms with van der Waals surface area (Å²) in [4.78, 5) is 21.8. The monoisotopic (exact) mass is 440 g/mol. The summed E-state index contributed by atoms with van der Waals surface area (Å²) in [6, 6.07) is 0. The first kappa shape index (κ1) is 24.8. The van der Waals surface area contributed by atoms with Gasteiger partial charge in [-0.1, -0.05) is 78.1 Å². The molecule has 0 bridgehead atoms. The van der Waals surface area contributed by atoms with Crippen molar-refractivity contribution in [1.82, 2.24) is 0 Å². The van der Waals surface area contributed by atoms with Gasteiger partial charge in [0.1, 0.15) is 0 Å². The maximum atomic E-state index is 10.9. The molecule has 1 atom stereocenters. The molecule has 2 N–H and O–H groups in total. The molecule has 22 heavy (non-hydrogen) atoms. The smallest absolute Gasteiger partial charge is 1.00 e. The van der Waals surface area contributed by atoms with Crippen LogP contribution in [0.4, 0.5) is 0 Å². The number of aliphatic carboxylic acids is 2. The third kappa shape index (κ3) is 13.0. The Morgan fingerprint density at radius 1 is 0.818 bits per heavy atom. The molecular weight excluding hydrogens is 406 g/mol. The molecule has 0 aliphatic carbocycles. The Kier molecular flexibility index (Phi) is 18.4. The van der Waals surface area contributed by atoms with Crippen molar-refractivity contribution in [1.29, 1.82) is 0 Å². The fourth-order valence-electron chi connectivity index (χ4n) is 2.71. The summed E-state index contributed by atoms with van der Waals surface area (Å²) in [6.45, 7) is 3.95. The SMILES string of the molecule is CCCCCCCCCCCCC(C)C(C(=O)O)C(=O)O.[Ba+2].[H-].[H-]. The van der Waals surface area contributed by atoms with E-state index in [0.717, 1.165) is 12.8 Å². The Bertz CT molecular complexity index is 290. The van der Waals surface area contributed by atoms with Gasteiger partial charge in [-0.2, -0.15) is 0 Å². The molecule has 0 saturated heterocycles. The first-order valence-corrected chi connectivity index (χ1v) is 8.46. The van der Waals surface area contributed by atoms with Crippen molar-refractivity contribution in [3.8, 4) is 0 Å². The zero-order chi connectivity index (χ0) is 16.1. The molecule has 0 aliphatic heterocycles. The average molecular weight is 440 g/mol. The van der Waals surface area contributed by atoms with Gasteiger partial charge in [-0.3, -0.25) is 9.59 Å². The minimum Gasteiger partial charge on any atom is -1.00 e. The third-order valence-electron chi connectivity index (χ3n) is 4.11. The number of hydrogen-bond donors (Lipinski definition) is 2. The number of carbonyl (C=O) groups is 2. The minimum atomic E-state index is -1.26. The van der Waals surface area contributed by atoms with E-state index in [2.05, 4.69) is 6.92 Å². The fraction of sp³-hybridized carbons (Fsp3) is 0.882. The number of hydrogen-bond acceptors (Lipinski definition) is 2. The minimum absolute atomic E-state index is 0. The fourth-order valence-corrected chi connectivity index (χ4v) is 2.71. The molecule has 0 aromatic rings. The van der Waals surface area contributed by atoms with Gasteiger partial charge in [0, 0.05) is 0 Å². The van der Waals surface area contributed by atoms with Crippen molar-refractivity contribution in [2.75, 3.05) is 0 Å². The molecule has 4 nitrogen and oxygen atoms in total. The molecule has 0 aromatic heterocycles. The van der Waals surface area contributed by atoms with Crippen molar-refractivity contribution < 1.29 is 22.7 Å². The predicted molar refractivity (Wildman–Crippen MR) is 92.4 cm³/mol. The van der Waals surface area contributed by atoms with Gasteiger partial charge in [0.25, 0.3) is 0 Å². The van der Waals surface area contributed by atoms with Crippen LogP contribution in [0, 0.1) is 11.8 Å². The van der Waals surface area contributed by atoms with Crippen LogP contribution in [0.1, 0.15) is 87.3 Å². The molecule has 0 aliphatic rings. The van der Waals surface area contributed by atoms with Gasteiger partial charge in [-0.25, -0.2) is 0 Å². The van der Waals surface area contributed by atoms with E-state index >= 15 is 0 Å². The summed E-state index contributed by atoms with van der Waals surface area (Å²) in [6.07, 6.45) is 13.0. The maximum absolute atomic E-state index is 10.9. The second kappa shape index (κ2) is 16.4. The topological polar surface area (TPSA) is 74.6 Å². The van der Waals surface area contributed by atoms with Crippen LogP contribution < -0.4 is 0 Å². The summed E-state index contributed by atoms with van der Waals surface area (Å²) >= 11 is 0. The van der Waals surface area contributed by atoms with Gasteiger partial charge < -0.3 is 13.1 Å². The molecule has 0 radical (unpaired) electrons. The molecule has 0 rings (SSSR count). The molecule has 5 heteroatoms. The zero-order valence-corrected chi connectivity index (χ0v) is 18.8. The van der Waals surface area contributed by atoms with Gasteiger partial charge >= 0.3 is 60.8 Å². The zero-order valence-electron chi connectivity index (χ0n) is 16.4. The quantitative estimate of drug-likeness (QED) is 0.236. The molecular formula is C17H34BaO4. The van der Waals surface area contributed by atoms with E-state index in [9.17, 15) is 9.59 Å². The first-order chi connectivity index (χ1) is 10.0. The number of unbranched alkanes of at least 4 members (excludes halogenated alkanes) is 9. The number of carboxylic acids is 2. The Hall–Kier alpha value is 0.511. The first-order valence-electron chi connectivity index (χ1n) is 8.46. The molecule has 128 valence electrons. The molecule has 0 fully saturated rings. The Morgan fingerprint density at radius 3 is 1.55 bits per heavy atom. The second-order valence-electron chi connectivity index (χ2n) is 6.10. The van der Waals surface area contributed by atoms with E-state index in [0.29, 0.717) is 6.42 Å². The molecule has 0 saturated carbocycles. The van der Waals surface area contributed by atoms with E-state index in [1.54, 1.807) is 6.92 Å². The van der Waals surface area contributed by atoms with Gasteiger partial charge in [0.05, 0.1) is 0 Å². The van der Waals surface area contributed by atoms with E-state index in [4.69, 9.17) is 10.2 Å². The predicted octanol–water partition coefficient (Wildman–Crippen LogP) is 4.56. The van der Waals surface area contributed by atoms with Crippen LogP contribution >= 0.6 is 0 Å². The van der Waals surface area contributed by atoms with Crippen LogP contribution in [0.15, 0.2) is 0 Å². The van der Waals surface area contributed by atoms with Crippen LogP contribution in [0.2, 0.25) is 0 Å². The van der Waals surface area contributed by atoms with Crippen molar-refractivity contribution in [3.05, 3.63) is 0 Å². The van der Waals surface area contributed by atoms with Crippen LogP contribution in [-0.2, 0) is 9.59 Å². The molecule has 0 amide bonds. The van der Waals surface area contributed by atoms with Crippen LogP contribution in [0.3, 0.4) is 0 Å². The van der Waals surface area contributed by atoms with Gasteiger partial charge in [-0.05, 0) is 12.3 Å². The van der Waals surface area contributed by atoms with Crippen LogP contribution in [0.25, 0.3) is 0 Å². The van der Waals surface area contributed by atoms with Crippen LogP contribution in [-0.4, -0.2) is 71.0 Å². The van der Waals surface area contributed by atoms with E-state index < -0.39 is 17.9 Å². The average Bonchev–Trinajstić information content (AvgIpc) is 2.40. The Morgan fingerprint density at radius 2 is 1.18 bits per heavy atom. The van der Waals surface area contributed by atoms with Crippen molar-refractivity contribution in [2.24, 2.45) is 11.8 Å². The summed E-state index contributed by atoms with van der Waals surface area (Å²) in [7, 11) is 0. The van der Waals surface area contributed by atoms with E-state index in [-0.39, 0.29) is 57.7 Å². The van der Waals surface area contributed by atoms with Gasteiger partial charge in [0.15, 0.2) is 5.92 Å². The Balaban J connectivity index is -0.000000667.